The van der Waals surface area contributed by atoms with Gasteiger partial charge in [-0.25, -0.2) is 9.37 Å². The van der Waals surface area contributed by atoms with Gasteiger partial charge in [-0.2, -0.15) is 0 Å². The van der Waals surface area contributed by atoms with E-state index in [1.165, 1.54) is 6.07 Å². The van der Waals surface area contributed by atoms with Crippen molar-refractivity contribution in [2.75, 3.05) is 32.6 Å². The molecule has 0 spiro atoms. The maximum atomic E-state index is 13.4. The van der Waals surface area contributed by atoms with Gasteiger partial charge in [-0.1, -0.05) is 6.92 Å². The number of hydrogen-bond acceptors (Lipinski definition) is 4. The third-order valence-corrected chi connectivity index (χ3v) is 3.24. The first-order chi connectivity index (χ1) is 9.54. The molecule has 1 heterocycles. The number of pyridine rings is 1. The normalized spacial score (nSPS) is 12.1. The summed E-state index contributed by atoms with van der Waals surface area (Å²) in [5.41, 5.74) is 0.240. The highest BCUT2D eigenvalue weighted by Gasteiger charge is 2.23. The van der Waals surface area contributed by atoms with Crippen LogP contribution >= 0.6 is 0 Å². The molecule has 1 N–H and O–H groups in total. The van der Waals surface area contributed by atoms with Crippen LogP contribution in [0.5, 0.6) is 0 Å². The highest BCUT2D eigenvalue weighted by molar-refractivity contribution is 5.98. The molecule has 1 amide bonds. The Balaban J connectivity index is 3.07. The molecule has 0 aromatic carbocycles. The van der Waals surface area contributed by atoms with E-state index in [1.54, 1.807) is 19.1 Å². The first kappa shape index (κ1) is 16.4. The number of nitrogens with one attached hydrogen (secondary N) is 1. The summed E-state index contributed by atoms with van der Waals surface area (Å²) in [6.45, 7) is 4.86. The summed E-state index contributed by atoms with van der Waals surface area (Å²) in [4.78, 5) is 18.2. The Morgan fingerprint density at radius 2 is 2.30 bits per heavy atom. The van der Waals surface area contributed by atoms with E-state index < -0.39 is 5.82 Å². The number of methoxy groups -OCH3 is 1. The number of halogens is 1. The molecule has 112 valence electrons. The fraction of sp³-hybridized carbons (Fsp3) is 0.571. The third kappa shape index (κ3) is 3.90. The van der Waals surface area contributed by atoms with E-state index in [-0.39, 0.29) is 17.5 Å². The lowest BCUT2D eigenvalue weighted by atomic mass is 10.1. The Labute approximate surface area is 119 Å². The van der Waals surface area contributed by atoms with Crippen LogP contribution in [0.3, 0.4) is 0 Å². The van der Waals surface area contributed by atoms with Crippen LogP contribution in [0.15, 0.2) is 12.3 Å². The number of amides is 1. The SMILES string of the molecule is CCC(C)N(CCOC)C(=O)c1cc(F)cnc1NC. The minimum Gasteiger partial charge on any atom is -0.383 e. The molecule has 5 nitrogen and oxygen atoms in total. The first-order valence-electron chi connectivity index (χ1n) is 6.68. The quantitative estimate of drug-likeness (QED) is 0.833. The zero-order valence-electron chi connectivity index (χ0n) is 12.4. The number of hydrogen-bond donors (Lipinski definition) is 1. The molecule has 1 unspecified atom stereocenters. The Morgan fingerprint density at radius 3 is 2.85 bits per heavy atom. The molecule has 0 fully saturated rings. The molecule has 1 rings (SSSR count). The zero-order valence-corrected chi connectivity index (χ0v) is 12.4. The van der Waals surface area contributed by atoms with Gasteiger partial charge in [0, 0.05) is 26.7 Å². The molecule has 0 saturated heterocycles. The highest BCUT2D eigenvalue weighted by Crippen LogP contribution is 2.18. The van der Waals surface area contributed by atoms with E-state index in [0.717, 1.165) is 12.6 Å². The molecule has 20 heavy (non-hydrogen) atoms. The minimum absolute atomic E-state index is 0.0469. The van der Waals surface area contributed by atoms with Crippen LogP contribution in [0.4, 0.5) is 10.2 Å². The second-order valence-electron chi connectivity index (χ2n) is 4.55. The molecule has 0 bridgehead atoms. The van der Waals surface area contributed by atoms with Crippen molar-refractivity contribution in [3.63, 3.8) is 0 Å². The van der Waals surface area contributed by atoms with Crippen molar-refractivity contribution in [3.05, 3.63) is 23.6 Å². The number of ether oxygens (including phenoxy) is 1. The van der Waals surface area contributed by atoms with Crippen LogP contribution in [-0.2, 0) is 4.74 Å². The summed E-state index contributed by atoms with van der Waals surface area (Å²) < 4.78 is 18.4. The number of carbonyl (C=O) groups is 1. The lowest BCUT2D eigenvalue weighted by molar-refractivity contribution is 0.0614. The number of nitrogens with zero attached hydrogens (tertiary/aromatic N) is 2. The smallest absolute Gasteiger partial charge is 0.258 e. The summed E-state index contributed by atoms with van der Waals surface area (Å²) in [7, 11) is 3.24. The molecule has 0 aliphatic rings. The van der Waals surface area contributed by atoms with Gasteiger partial charge in [-0.15, -0.1) is 0 Å². The van der Waals surface area contributed by atoms with Crippen LogP contribution in [-0.4, -0.2) is 49.1 Å². The van der Waals surface area contributed by atoms with Gasteiger partial charge in [-0.3, -0.25) is 4.79 Å². The summed E-state index contributed by atoms with van der Waals surface area (Å²) in [6.07, 6.45) is 1.90. The predicted molar refractivity (Wildman–Crippen MR) is 76.4 cm³/mol. The van der Waals surface area contributed by atoms with E-state index in [2.05, 4.69) is 10.3 Å². The Kier molecular flexibility index (Phi) is 6.38. The van der Waals surface area contributed by atoms with Gasteiger partial charge in [0.1, 0.15) is 11.6 Å². The van der Waals surface area contributed by atoms with Crippen molar-refractivity contribution in [2.45, 2.75) is 26.3 Å². The first-order valence-corrected chi connectivity index (χ1v) is 6.68. The number of aromatic nitrogens is 1. The molecular weight excluding hydrogens is 261 g/mol. The molecule has 0 aliphatic carbocycles. The van der Waals surface area contributed by atoms with Crippen molar-refractivity contribution in [1.82, 2.24) is 9.88 Å². The van der Waals surface area contributed by atoms with Crippen LogP contribution in [0.2, 0.25) is 0 Å². The monoisotopic (exact) mass is 283 g/mol. The third-order valence-electron chi connectivity index (χ3n) is 3.24. The van der Waals surface area contributed by atoms with Gasteiger partial charge in [0.15, 0.2) is 0 Å². The van der Waals surface area contributed by atoms with E-state index in [0.29, 0.717) is 19.0 Å². The van der Waals surface area contributed by atoms with Gasteiger partial charge >= 0.3 is 0 Å². The Bertz CT molecular complexity index is 454. The second-order valence-corrected chi connectivity index (χ2v) is 4.55. The van der Waals surface area contributed by atoms with E-state index in [9.17, 15) is 9.18 Å². The van der Waals surface area contributed by atoms with E-state index in [4.69, 9.17) is 4.74 Å². The molecule has 6 heteroatoms. The fourth-order valence-electron chi connectivity index (χ4n) is 1.89. The van der Waals surface area contributed by atoms with Gasteiger partial charge in [0.05, 0.1) is 18.4 Å². The summed E-state index contributed by atoms with van der Waals surface area (Å²) in [5.74, 6) is -0.391. The fourth-order valence-corrected chi connectivity index (χ4v) is 1.89. The summed E-state index contributed by atoms with van der Waals surface area (Å²) >= 11 is 0. The maximum Gasteiger partial charge on any atom is 0.258 e. The standard InChI is InChI=1S/C14H22FN3O2/c1-5-10(2)18(6-7-20-4)14(19)12-8-11(15)9-17-13(12)16-3/h8-10H,5-7H2,1-4H3,(H,16,17). The topological polar surface area (TPSA) is 54.5 Å². The van der Waals surface area contributed by atoms with Gasteiger partial charge in [0.2, 0.25) is 0 Å². The number of rotatable bonds is 7. The van der Waals surface area contributed by atoms with Crippen molar-refractivity contribution >= 4 is 11.7 Å². The Morgan fingerprint density at radius 1 is 1.60 bits per heavy atom. The van der Waals surface area contributed by atoms with Crippen LogP contribution in [0.1, 0.15) is 30.6 Å². The van der Waals surface area contributed by atoms with E-state index in [1.807, 2.05) is 13.8 Å². The molecule has 0 saturated carbocycles. The van der Waals surface area contributed by atoms with Crippen LogP contribution < -0.4 is 5.32 Å². The zero-order chi connectivity index (χ0) is 15.1. The molecule has 0 radical (unpaired) electrons. The van der Waals surface area contributed by atoms with Gasteiger partial charge < -0.3 is 15.0 Å². The molecule has 1 aromatic heterocycles. The average molecular weight is 283 g/mol. The average Bonchev–Trinajstić information content (AvgIpc) is 2.46. The molecule has 1 atom stereocenters. The lowest BCUT2D eigenvalue weighted by Crippen LogP contribution is -2.40. The predicted octanol–water partition coefficient (Wildman–Crippen LogP) is 2.15. The van der Waals surface area contributed by atoms with Crippen molar-refractivity contribution < 1.29 is 13.9 Å². The lowest BCUT2D eigenvalue weighted by Gasteiger charge is -2.29. The number of anilines is 1. The van der Waals surface area contributed by atoms with Crippen molar-refractivity contribution in [2.24, 2.45) is 0 Å². The van der Waals surface area contributed by atoms with E-state index >= 15 is 0 Å². The number of carbonyl (C=O) groups excluding carboxylic acids is 1. The minimum atomic E-state index is -0.525. The molecule has 1 aromatic rings. The summed E-state index contributed by atoms with van der Waals surface area (Å²) in [5, 5.41) is 2.82. The van der Waals surface area contributed by atoms with Crippen LogP contribution in [0, 0.1) is 5.82 Å². The van der Waals surface area contributed by atoms with Gasteiger partial charge in [0.25, 0.3) is 5.91 Å². The highest BCUT2D eigenvalue weighted by atomic mass is 19.1. The summed E-state index contributed by atoms with van der Waals surface area (Å²) in [6, 6.07) is 1.26. The molecule has 0 aliphatic heterocycles. The molecular formula is C14H22FN3O2. The largest absolute Gasteiger partial charge is 0.383 e. The van der Waals surface area contributed by atoms with Gasteiger partial charge in [-0.05, 0) is 19.4 Å². The second kappa shape index (κ2) is 7.79. The maximum absolute atomic E-state index is 13.4. The van der Waals surface area contributed by atoms with Crippen molar-refractivity contribution in [3.8, 4) is 0 Å². The van der Waals surface area contributed by atoms with Crippen LogP contribution in [0.25, 0.3) is 0 Å². The Hall–Kier alpha value is -1.69. The van der Waals surface area contributed by atoms with Crippen molar-refractivity contribution in [1.29, 1.82) is 0 Å².